The van der Waals surface area contributed by atoms with Crippen molar-refractivity contribution >= 4 is 15.9 Å². The van der Waals surface area contributed by atoms with Gasteiger partial charge in [0, 0.05) is 27.8 Å². The Morgan fingerprint density at radius 3 is 2.60 bits per heavy atom. The van der Waals surface area contributed by atoms with Crippen molar-refractivity contribution in [1.29, 1.82) is 0 Å². The highest BCUT2D eigenvalue weighted by molar-refractivity contribution is 9.10. The fourth-order valence-electron chi connectivity index (χ4n) is 1.69. The molecule has 3 rings (SSSR count). The summed E-state index contributed by atoms with van der Waals surface area (Å²) < 4.78 is 1.10. The van der Waals surface area contributed by atoms with Crippen molar-refractivity contribution in [2.75, 3.05) is 0 Å². The first kappa shape index (κ1) is 9.16. The lowest BCUT2D eigenvalue weighted by Gasteiger charge is -1.96. The average Bonchev–Trinajstić information content (AvgIpc) is 2.99. The quantitative estimate of drug-likeness (QED) is 0.878. The summed E-state index contributed by atoms with van der Waals surface area (Å²) in [6.45, 7) is 0. The molecule has 0 amide bonds. The van der Waals surface area contributed by atoms with Gasteiger partial charge in [-0.25, -0.2) is 4.98 Å². The van der Waals surface area contributed by atoms with Gasteiger partial charge in [0.25, 0.3) is 0 Å². The Morgan fingerprint density at radius 2 is 1.93 bits per heavy atom. The third-order valence-electron chi connectivity index (χ3n) is 2.73. The summed E-state index contributed by atoms with van der Waals surface area (Å²) in [6, 6.07) is 8.21. The Morgan fingerprint density at radius 1 is 1.20 bits per heavy atom. The molecular formula is C12H11BrN2. The van der Waals surface area contributed by atoms with Gasteiger partial charge in [0.2, 0.25) is 0 Å². The Bertz CT molecular complexity index is 469. The van der Waals surface area contributed by atoms with Crippen LogP contribution in [-0.2, 0) is 0 Å². The molecule has 0 unspecified atom stereocenters. The molecule has 1 aliphatic carbocycles. The van der Waals surface area contributed by atoms with E-state index in [4.69, 9.17) is 0 Å². The van der Waals surface area contributed by atoms with Gasteiger partial charge < -0.3 is 4.98 Å². The van der Waals surface area contributed by atoms with Crippen molar-refractivity contribution in [3.63, 3.8) is 0 Å². The molecule has 0 atom stereocenters. The number of hydrogen-bond donors (Lipinski definition) is 1. The Balaban J connectivity index is 1.93. The minimum absolute atomic E-state index is 0.738. The smallest absolute Gasteiger partial charge is 0.137 e. The SMILES string of the molecule is Brc1ccc(-c2ncc(C3CC3)[nH]2)cc1. The lowest BCUT2D eigenvalue weighted by atomic mass is 10.2. The first-order valence-corrected chi connectivity index (χ1v) is 5.93. The third kappa shape index (κ3) is 1.84. The van der Waals surface area contributed by atoms with Crippen molar-refractivity contribution in [2.45, 2.75) is 18.8 Å². The molecule has 2 nitrogen and oxygen atoms in total. The molecule has 1 aromatic carbocycles. The second kappa shape index (κ2) is 3.49. The molecule has 0 bridgehead atoms. The van der Waals surface area contributed by atoms with Crippen molar-refractivity contribution in [1.82, 2.24) is 9.97 Å². The Labute approximate surface area is 96.9 Å². The summed E-state index contributed by atoms with van der Waals surface area (Å²) in [5.41, 5.74) is 2.43. The van der Waals surface area contributed by atoms with Crippen molar-refractivity contribution in [3.8, 4) is 11.4 Å². The van der Waals surface area contributed by atoms with Crippen LogP contribution in [0.1, 0.15) is 24.5 Å². The van der Waals surface area contributed by atoms with E-state index in [9.17, 15) is 0 Å². The van der Waals surface area contributed by atoms with Crippen LogP contribution in [0.2, 0.25) is 0 Å². The van der Waals surface area contributed by atoms with Crippen LogP contribution in [0.25, 0.3) is 11.4 Å². The zero-order valence-corrected chi connectivity index (χ0v) is 9.79. The number of imidazole rings is 1. The highest BCUT2D eigenvalue weighted by Gasteiger charge is 2.25. The highest BCUT2D eigenvalue weighted by Crippen LogP contribution is 2.39. The summed E-state index contributed by atoms with van der Waals surface area (Å²) in [6.07, 6.45) is 4.58. The number of aromatic amines is 1. The van der Waals surface area contributed by atoms with Gasteiger partial charge in [-0.05, 0) is 25.0 Å². The molecule has 1 fully saturated rings. The molecule has 0 aliphatic heterocycles. The molecule has 1 saturated carbocycles. The third-order valence-corrected chi connectivity index (χ3v) is 3.26. The number of halogens is 1. The van der Waals surface area contributed by atoms with Crippen LogP contribution in [-0.4, -0.2) is 9.97 Å². The van der Waals surface area contributed by atoms with Crippen LogP contribution in [0.3, 0.4) is 0 Å². The molecule has 1 N–H and O–H groups in total. The van der Waals surface area contributed by atoms with Crippen molar-refractivity contribution in [2.24, 2.45) is 0 Å². The molecule has 1 aromatic heterocycles. The van der Waals surface area contributed by atoms with E-state index in [2.05, 4.69) is 38.0 Å². The minimum atomic E-state index is 0.738. The van der Waals surface area contributed by atoms with Crippen LogP contribution in [0.5, 0.6) is 0 Å². The van der Waals surface area contributed by atoms with E-state index in [-0.39, 0.29) is 0 Å². The maximum Gasteiger partial charge on any atom is 0.137 e. The Kier molecular flexibility index (Phi) is 2.13. The minimum Gasteiger partial charge on any atom is -0.342 e. The number of nitrogens with zero attached hydrogens (tertiary/aromatic N) is 1. The van der Waals surface area contributed by atoms with Gasteiger partial charge in [-0.15, -0.1) is 0 Å². The molecule has 3 heteroatoms. The first-order valence-electron chi connectivity index (χ1n) is 5.14. The lowest BCUT2D eigenvalue weighted by Crippen LogP contribution is -1.81. The molecule has 1 aliphatic rings. The molecule has 15 heavy (non-hydrogen) atoms. The van der Waals surface area contributed by atoms with Gasteiger partial charge in [0.05, 0.1) is 0 Å². The number of H-pyrrole nitrogens is 1. The first-order chi connectivity index (χ1) is 7.33. The fraction of sp³-hybridized carbons (Fsp3) is 0.250. The molecule has 0 spiro atoms. The maximum atomic E-state index is 4.41. The van der Waals surface area contributed by atoms with E-state index in [1.54, 1.807) is 0 Å². The summed E-state index contributed by atoms with van der Waals surface area (Å²) >= 11 is 3.43. The van der Waals surface area contributed by atoms with Crippen LogP contribution < -0.4 is 0 Å². The van der Waals surface area contributed by atoms with E-state index in [0.717, 1.165) is 21.8 Å². The monoisotopic (exact) mass is 262 g/mol. The number of nitrogens with one attached hydrogen (secondary N) is 1. The van der Waals surface area contributed by atoms with Crippen LogP contribution >= 0.6 is 15.9 Å². The van der Waals surface area contributed by atoms with Crippen LogP contribution in [0.4, 0.5) is 0 Å². The molecule has 2 aromatic rings. The van der Waals surface area contributed by atoms with E-state index in [1.165, 1.54) is 18.5 Å². The molecular weight excluding hydrogens is 252 g/mol. The number of aromatic nitrogens is 2. The predicted octanol–water partition coefficient (Wildman–Crippen LogP) is 3.72. The van der Waals surface area contributed by atoms with Crippen molar-refractivity contribution < 1.29 is 0 Å². The summed E-state index contributed by atoms with van der Waals surface area (Å²) in [4.78, 5) is 7.79. The molecule has 0 saturated heterocycles. The van der Waals surface area contributed by atoms with Gasteiger partial charge in [0.15, 0.2) is 0 Å². The second-order valence-electron chi connectivity index (χ2n) is 3.97. The van der Waals surface area contributed by atoms with E-state index >= 15 is 0 Å². The van der Waals surface area contributed by atoms with Crippen LogP contribution in [0, 0.1) is 0 Å². The van der Waals surface area contributed by atoms with Gasteiger partial charge in [-0.3, -0.25) is 0 Å². The largest absolute Gasteiger partial charge is 0.342 e. The zero-order valence-electron chi connectivity index (χ0n) is 8.20. The second-order valence-corrected chi connectivity index (χ2v) is 4.88. The standard InChI is InChI=1S/C12H11BrN2/c13-10-5-3-9(4-6-10)12-14-7-11(15-12)8-1-2-8/h3-8H,1-2H2,(H,14,15). The van der Waals surface area contributed by atoms with Gasteiger partial charge >= 0.3 is 0 Å². The van der Waals surface area contributed by atoms with Gasteiger partial charge in [-0.1, -0.05) is 28.1 Å². The normalized spacial score (nSPS) is 15.5. The van der Waals surface area contributed by atoms with E-state index < -0.39 is 0 Å². The van der Waals surface area contributed by atoms with E-state index in [1.807, 2.05) is 18.3 Å². The fourth-order valence-corrected chi connectivity index (χ4v) is 1.96. The number of benzene rings is 1. The molecule has 1 heterocycles. The average molecular weight is 263 g/mol. The van der Waals surface area contributed by atoms with E-state index in [0.29, 0.717) is 0 Å². The van der Waals surface area contributed by atoms with Gasteiger partial charge in [0.1, 0.15) is 5.82 Å². The lowest BCUT2D eigenvalue weighted by molar-refractivity contribution is 1.05. The molecule has 0 radical (unpaired) electrons. The maximum absolute atomic E-state index is 4.41. The van der Waals surface area contributed by atoms with Crippen LogP contribution in [0.15, 0.2) is 34.9 Å². The number of rotatable bonds is 2. The molecule has 76 valence electrons. The summed E-state index contributed by atoms with van der Waals surface area (Å²) in [5, 5.41) is 0. The van der Waals surface area contributed by atoms with Gasteiger partial charge in [-0.2, -0.15) is 0 Å². The predicted molar refractivity (Wildman–Crippen MR) is 63.7 cm³/mol. The summed E-state index contributed by atoms with van der Waals surface area (Å²) in [5.74, 6) is 1.71. The Hall–Kier alpha value is -1.09. The highest BCUT2D eigenvalue weighted by atomic mass is 79.9. The topological polar surface area (TPSA) is 28.7 Å². The van der Waals surface area contributed by atoms with Crippen molar-refractivity contribution in [3.05, 3.63) is 40.6 Å². The summed E-state index contributed by atoms with van der Waals surface area (Å²) in [7, 11) is 0. The zero-order chi connectivity index (χ0) is 10.3. The number of hydrogen-bond acceptors (Lipinski definition) is 1.